The van der Waals surface area contributed by atoms with Gasteiger partial charge in [-0.25, -0.2) is 4.99 Å². The SMILES string of the molecule is N=c1ccc(=Nc2ccc(OCc3ccccc3)cc2)c2c(=O)ccc(=O)c1=2. The standard InChI is InChI=1S/C23H16N2O3/c24-18-10-11-19(23-21(27)13-12-20(26)22(18)23)25-16-6-8-17(9-7-16)28-14-15-4-2-1-3-5-15/h1-13,24H,14H2. The van der Waals surface area contributed by atoms with E-state index in [0.29, 0.717) is 23.4 Å². The summed E-state index contributed by atoms with van der Waals surface area (Å²) >= 11 is 0. The second-order valence-electron chi connectivity index (χ2n) is 6.32. The van der Waals surface area contributed by atoms with Crippen LogP contribution in [-0.4, -0.2) is 0 Å². The maximum absolute atomic E-state index is 12.3. The van der Waals surface area contributed by atoms with Gasteiger partial charge in [-0.2, -0.15) is 0 Å². The molecule has 0 atom stereocenters. The van der Waals surface area contributed by atoms with Crippen LogP contribution in [0.25, 0.3) is 0 Å². The molecule has 136 valence electrons. The molecule has 28 heavy (non-hydrogen) atoms. The van der Waals surface area contributed by atoms with Crippen molar-refractivity contribution in [3.05, 3.63) is 126 Å². The van der Waals surface area contributed by atoms with Crippen LogP contribution in [0.15, 0.2) is 93.4 Å². The van der Waals surface area contributed by atoms with Crippen molar-refractivity contribution in [2.75, 3.05) is 0 Å². The van der Waals surface area contributed by atoms with Crippen molar-refractivity contribution in [2.45, 2.75) is 6.61 Å². The van der Waals surface area contributed by atoms with E-state index >= 15 is 0 Å². The summed E-state index contributed by atoms with van der Waals surface area (Å²) < 4.78 is 5.76. The van der Waals surface area contributed by atoms with Crippen LogP contribution < -0.4 is 26.3 Å². The van der Waals surface area contributed by atoms with Crippen LogP contribution in [0.5, 0.6) is 5.75 Å². The third kappa shape index (κ3) is 3.50. The molecule has 0 fully saturated rings. The Labute approximate surface area is 159 Å². The molecule has 0 unspecified atom stereocenters. The topological polar surface area (TPSA) is 79.6 Å². The summed E-state index contributed by atoms with van der Waals surface area (Å²) in [6.07, 6.45) is 0. The predicted molar refractivity (Wildman–Crippen MR) is 105 cm³/mol. The number of hydrogen-bond donors (Lipinski definition) is 1. The zero-order chi connectivity index (χ0) is 19.5. The second kappa shape index (κ2) is 7.40. The van der Waals surface area contributed by atoms with Crippen LogP contribution in [0.2, 0.25) is 0 Å². The molecule has 0 saturated carbocycles. The Morgan fingerprint density at radius 3 is 2.14 bits per heavy atom. The largest absolute Gasteiger partial charge is 0.489 e. The maximum Gasteiger partial charge on any atom is 0.188 e. The fourth-order valence-corrected chi connectivity index (χ4v) is 3.01. The Morgan fingerprint density at radius 2 is 1.43 bits per heavy atom. The van der Waals surface area contributed by atoms with Crippen LogP contribution in [-0.2, 0) is 6.61 Å². The first-order chi connectivity index (χ1) is 13.6. The molecule has 2 aromatic rings. The summed E-state index contributed by atoms with van der Waals surface area (Å²) in [5, 5.41) is 8.63. The number of benzene rings is 2. The average molecular weight is 368 g/mol. The van der Waals surface area contributed by atoms with Crippen LogP contribution in [0.4, 0.5) is 5.69 Å². The van der Waals surface area contributed by atoms with E-state index in [1.54, 1.807) is 30.3 Å². The van der Waals surface area contributed by atoms with Gasteiger partial charge >= 0.3 is 0 Å². The molecule has 0 amide bonds. The fourth-order valence-electron chi connectivity index (χ4n) is 3.01. The zero-order valence-electron chi connectivity index (χ0n) is 14.9. The van der Waals surface area contributed by atoms with Gasteiger partial charge in [0.2, 0.25) is 0 Å². The number of rotatable bonds is 4. The summed E-state index contributed by atoms with van der Waals surface area (Å²) in [6, 6.07) is 22.6. The Kier molecular flexibility index (Phi) is 4.64. The molecular formula is C23H16N2O3. The summed E-state index contributed by atoms with van der Waals surface area (Å²) in [6.45, 7) is 0.471. The minimum absolute atomic E-state index is 0.0290. The molecule has 0 bridgehead atoms. The molecular weight excluding hydrogens is 352 g/mol. The molecule has 0 spiro atoms. The predicted octanol–water partition coefficient (Wildman–Crippen LogP) is 2.30. The molecule has 0 aliphatic heterocycles. The van der Waals surface area contributed by atoms with E-state index in [0.717, 1.165) is 5.56 Å². The van der Waals surface area contributed by atoms with E-state index in [1.807, 2.05) is 30.3 Å². The van der Waals surface area contributed by atoms with Gasteiger partial charge < -0.3 is 10.1 Å². The van der Waals surface area contributed by atoms with Crippen LogP contribution >= 0.6 is 0 Å². The van der Waals surface area contributed by atoms with Crippen molar-refractivity contribution >= 4 is 5.69 Å². The molecule has 2 aliphatic carbocycles. The molecule has 0 aromatic heterocycles. The summed E-state index contributed by atoms with van der Waals surface area (Å²) in [7, 11) is 0. The highest BCUT2D eigenvalue weighted by molar-refractivity contribution is 5.41. The summed E-state index contributed by atoms with van der Waals surface area (Å²) in [4.78, 5) is 28.8. The van der Waals surface area contributed by atoms with E-state index in [9.17, 15) is 9.59 Å². The van der Waals surface area contributed by atoms with Gasteiger partial charge in [0.1, 0.15) is 12.4 Å². The number of ether oxygens (including phenoxy) is 1. The molecule has 0 heterocycles. The molecule has 2 aromatic carbocycles. The third-order valence-electron chi connectivity index (χ3n) is 4.40. The minimum atomic E-state index is -0.346. The lowest BCUT2D eigenvalue weighted by Crippen LogP contribution is -2.26. The Bertz CT molecular complexity index is 1390. The third-order valence-corrected chi connectivity index (χ3v) is 4.40. The van der Waals surface area contributed by atoms with Gasteiger partial charge in [0.15, 0.2) is 10.9 Å². The lowest BCUT2D eigenvalue weighted by Gasteiger charge is -2.06. The average Bonchev–Trinajstić information content (AvgIpc) is 2.72. The van der Waals surface area contributed by atoms with Gasteiger partial charge in [-0.3, -0.25) is 9.59 Å². The molecule has 0 saturated heterocycles. The fraction of sp³-hybridized carbons (Fsp3) is 0.0435. The number of nitrogens with zero attached hydrogens (tertiary/aromatic N) is 1. The van der Waals surface area contributed by atoms with Gasteiger partial charge in [0, 0.05) is 0 Å². The lowest BCUT2D eigenvalue weighted by atomic mass is 10.1. The van der Waals surface area contributed by atoms with E-state index in [1.165, 1.54) is 18.2 Å². The van der Waals surface area contributed by atoms with E-state index in [2.05, 4.69) is 4.99 Å². The first-order valence-corrected chi connectivity index (χ1v) is 8.76. The van der Waals surface area contributed by atoms with Crippen LogP contribution in [0.3, 0.4) is 0 Å². The normalized spacial score (nSPS) is 11.6. The van der Waals surface area contributed by atoms with Crippen molar-refractivity contribution in [1.29, 1.82) is 5.41 Å². The Hall–Kier alpha value is -3.86. The van der Waals surface area contributed by atoms with Crippen molar-refractivity contribution in [3.8, 4) is 5.75 Å². The van der Waals surface area contributed by atoms with Crippen LogP contribution in [0.1, 0.15) is 5.56 Å². The number of nitrogens with one attached hydrogen (secondary N) is 1. The first kappa shape index (κ1) is 17.5. The maximum atomic E-state index is 12.3. The van der Waals surface area contributed by atoms with E-state index < -0.39 is 0 Å². The second-order valence-corrected chi connectivity index (χ2v) is 6.32. The highest BCUT2D eigenvalue weighted by Crippen LogP contribution is 2.18. The smallest absolute Gasteiger partial charge is 0.188 e. The monoisotopic (exact) mass is 368 g/mol. The van der Waals surface area contributed by atoms with Gasteiger partial charge in [0.25, 0.3) is 0 Å². The molecule has 1 N–H and O–H groups in total. The van der Waals surface area contributed by atoms with Crippen LogP contribution in [0, 0.1) is 15.8 Å². The van der Waals surface area contributed by atoms with Crippen molar-refractivity contribution in [1.82, 2.24) is 0 Å². The zero-order valence-corrected chi connectivity index (χ0v) is 14.9. The molecule has 0 radical (unpaired) electrons. The highest BCUT2D eigenvalue weighted by atomic mass is 16.5. The van der Waals surface area contributed by atoms with Gasteiger partial charge in [-0.15, -0.1) is 0 Å². The van der Waals surface area contributed by atoms with Gasteiger partial charge in [-0.1, -0.05) is 30.3 Å². The summed E-state index contributed by atoms with van der Waals surface area (Å²) in [5.74, 6) is 0.709. The first-order valence-electron chi connectivity index (χ1n) is 8.76. The van der Waals surface area contributed by atoms with Crippen molar-refractivity contribution in [3.63, 3.8) is 0 Å². The highest BCUT2D eigenvalue weighted by Gasteiger charge is 2.03. The summed E-state index contributed by atoms with van der Waals surface area (Å²) in [5.41, 5.74) is 1.04. The molecule has 5 heteroatoms. The van der Waals surface area contributed by atoms with E-state index in [4.69, 9.17) is 10.1 Å². The van der Waals surface area contributed by atoms with Crippen molar-refractivity contribution in [2.24, 2.45) is 4.99 Å². The van der Waals surface area contributed by atoms with E-state index in [-0.39, 0.29) is 26.7 Å². The van der Waals surface area contributed by atoms with Gasteiger partial charge in [0.05, 0.1) is 26.8 Å². The Balaban J connectivity index is 1.70. The van der Waals surface area contributed by atoms with Crippen molar-refractivity contribution < 1.29 is 4.74 Å². The van der Waals surface area contributed by atoms with Gasteiger partial charge in [-0.05, 0) is 54.1 Å². The Morgan fingerprint density at radius 1 is 0.750 bits per heavy atom. The minimum Gasteiger partial charge on any atom is -0.489 e. The number of hydrogen-bond acceptors (Lipinski definition) is 5. The molecule has 4 rings (SSSR count). The molecule has 2 aliphatic rings. The quantitative estimate of drug-likeness (QED) is 0.600. The molecule has 5 nitrogen and oxygen atoms in total. The lowest BCUT2D eigenvalue weighted by molar-refractivity contribution is 0.306.